The van der Waals surface area contributed by atoms with Crippen LogP contribution in [0.3, 0.4) is 0 Å². The van der Waals surface area contributed by atoms with Gasteiger partial charge in [-0.1, -0.05) is 11.6 Å². The molecule has 9 heteroatoms. The SMILES string of the molecule is O=C(COc1c(I)cc(Cl)c2cccnc12)OCC(=O)N1CCCC1=O. The van der Waals surface area contributed by atoms with Gasteiger partial charge in [0.05, 0.1) is 8.59 Å². The molecule has 1 fully saturated rings. The van der Waals surface area contributed by atoms with E-state index in [-0.39, 0.29) is 12.5 Å². The predicted molar refractivity (Wildman–Crippen MR) is 102 cm³/mol. The fourth-order valence-electron chi connectivity index (χ4n) is 2.59. The molecule has 0 spiro atoms. The maximum Gasteiger partial charge on any atom is 0.344 e. The lowest BCUT2D eigenvalue weighted by molar-refractivity contribution is -0.155. The Morgan fingerprint density at radius 3 is 2.88 bits per heavy atom. The van der Waals surface area contributed by atoms with Crippen LogP contribution in [0, 0.1) is 3.57 Å². The van der Waals surface area contributed by atoms with Gasteiger partial charge in [0.25, 0.3) is 5.91 Å². The molecular weight excluding hydrogens is 475 g/mol. The van der Waals surface area contributed by atoms with Gasteiger partial charge in [0.15, 0.2) is 19.0 Å². The molecule has 1 aliphatic rings. The minimum atomic E-state index is -0.708. The lowest BCUT2D eigenvalue weighted by Gasteiger charge is -2.14. The van der Waals surface area contributed by atoms with E-state index in [1.165, 1.54) is 0 Å². The number of benzene rings is 1. The molecule has 0 saturated carbocycles. The number of nitrogens with zero attached hydrogens (tertiary/aromatic N) is 2. The summed E-state index contributed by atoms with van der Waals surface area (Å²) in [5.74, 6) is -1.05. The fourth-order valence-corrected chi connectivity index (χ4v) is 3.76. The number of carbonyl (C=O) groups is 3. The standard InChI is InChI=1S/C17H14ClIN2O5/c18-11-7-12(19)17(16-10(11)3-1-5-20-16)26-9-15(24)25-8-14(23)21-6-2-4-13(21)22/h1,3,5,7H,2,4,6,8-9H2. The molecule has 3 rings (SSSR count). The van der Waals surface area contributed by atoms with Gasteiger partial charge >= 0.3 is 5.97 Å². The Hall–Kier alpha value is -1.94. The van der Waals surface area contributed by atoms with Crippen molar-refractivity contribution in [3.63, 3.8) is 0 Å². The third-order valence-corrected chi connectivity index (χ3v) is 4.93. The van der Waals surface area contributed by atoms with Crippen LogP contribution >= 0.6 is 34.2 Å². The quantitative estimate of drug-likeness (QED) is 0.475. The lowest BCUT2D eigenvalue weighted by Crippen LogP contribution is -2.35. The average molecular weight is 489 g/mol. The molecule has 0 radical (unpaired) electrons. The van der Waals surface area contributed by atoms with Crippen molar-refractivity contribution in [2.45, 2.75) is 12.8 Å². The van der Waals surface area contributed by atoms with Gasteiger partial charge in [-0.3, -0.25) is 19.5 Å². The Kier molecular flexibility index (Phi) is 5.92. The summed E-state index contributed by atoms with van der Waals surface area (Å²) >= 11 is 8.23. The molecular formula is C17H14ClIN2O5. The van der Waals surface area contributed by atoms with Crippen LogP contribution in [0.1, 0.15) is 12.8 Å². The van der Waals surface area contributed by atoms with E-state index in [1.54, 1.807) is 24.4 Å². The van der Waals surface area contributed by atoms with Gasteiger partial charge in [-0.2, -0.15) is 0 Å². The Labute approximate surface area is 167 Å². The molecule has 2 amide bonds. The second-order valence-corrected chi connectivity index (χ2v) is 7.13. The van der Waals surface area contributed by atoms with Crippen molar-refractivity contribution in [1.82, 2.24) is 9.88 Å². The zero-order valence-corrected chi connectivity index (χ0v) is 16.4. The third-order valence-electron chi connectivity index (χ3n) is 3.82. The number of halogens is 2. The van der Waals surface area contributed by atoms with Crippen LogP contribution < -0.4 is 4.74 Å². The van der Waals surface area contributed by atoms with Crippen molar-refractivity contribution in [3.8, 4) is 5.75 Å². The molecule has 1 aromatic heterocycles. The summed E-state index contributed by atoms with van der Waals surface area (Å²) in [7, 11) is 0. The highest BCUT2D eigenvalue weighted by Crippen LogP contribution is 2.34. The van der Waals surface area contributed by atoms with Gasteiger partial charge in [0, 0.05) is 24.5 Å². The zero-order valence-electron chi connectivity index (χ0n) is 13.5. The van der Waals surface area contributed by atoms with Crippen molar-refractivity contribution in [2.24, 2.45) is 0 Å². The molecule has 0 N–H and O–H groups in total. The number of hydrogen-bond donors (Lipinski definition) is 0. The van der Waals surface area contributed by atoms with Crippen LogP contribution in [0.2, 0.25) is 5.02 Å². The van der Waals surface area contributed by atoms with E-state index in [2.05, 4.69) is 4.98 Å². The Balaban J connectivity index is 1.61. The monoisotopic (exact) mass is 488 g/mol. The number of fused-ring (bicyclic) bond motifs is 1. The van der Waals surface area contributed by atoms with E-state index in [1.807, 2.05) is 22.6 Å². The normalized spacial score (nSPS) is 13.9. The second kappa shape index (κ2) is 8.17. The number of aromatic nitrogens is 1. The first kappa shape index (κ1) is 18.8. The topological polar surface area (TPSA) is 85.8 Å². The average Bonchev–Trinajstić information content (AvgIpc) is 3.05. The number of rotatable bonds is 5. The summed E-state index contributed by atoms with van der Waals surface area (Å²) in [4.78, 5) is 40.6. The van der Waals surface area contributed by atoms with Crippen LogP contribution in [-0.2, 0) is 19.1 Å². The van der Waals surface area contributed by atoms with Crippen molar-refractivity contribution in [3.05, 3.63) is 33.0 Å². The number of esters is 1. The van der Waals surface area contributed by atoms with Crippen molar-refractivity contribution in [1.29, 1.82) is 0 Å². The van der Waals surface area contributed by atoms with E-state index in [9.17, 15) is 14.4 Å². The highest BCUT2D eigenvalue weighted by molar-refractivity contribution is 14.1. The van der Waals surface area contributed by atoms with Gasteiger partial charge in [0.2, 0.25) is 5.91 Å². The summed E-state index contributed by atoms with van der Waals surface area (Å²) < 4.78 is 11.2. The summed E-state index contributed by atoms with van der Waals surface area (Å²) in [6, 6.07) is 5.28. The second-order valence-electron chi connectivity index (χ2n) is 5.56. The van der Waals surface area contributed by atoms with Crippen LogP contribution in [0.15, 0.2) is 24.4 Å². The number of hydrogen-bond acceptors (Lipinski definition) is 6. The largest absolute Gasteiger partial charge is 0.478 e. The molecule has 0 unspecified atom stereocenters. The fraction of sp³-hybridized carbons (Fsp3) is 0.294. The van der Waals surface area contributed by atoms with E-state index < -0.39 is 18.5 Å². The van der Waals surface area contributed by atoms with Crippen LogP contribution in [0.5, 0.6) is 5.75 Å². The molecule has 7 nitrogen and oxygen atoms in total. The van der Waals surface area contributed by atoms with Crippen molar-refractivity contribution < 1.29 is 23.9 Å². The number of likely N-dealkylation sites (tertiary alicyclic amines) is 1. The van der Waals surface area contributed by atoms with E-state index in [0.717, 1.165) is 4.90 Å². The molecule has 2 aromatic rings. The van der Waals surface area contributed by atoms with Crippen LogP contribution in [0.25, 0.3) is 10.9 Å². The summed E-state index contributed by atoms with van der Waals surface area (Å²) in [5.41, 5.74) is 0.538. The Morgan fingerprint density at radius 1 is 1.35 bits per heavy atom. The minimum absolute atomic E-state index is 0.240. The number of carbonyl (C=O) groups excluding carboxylic acids is 3. The van der Waals surface area contributed by atoms with E-state index >= 15 is 0 Å². The number of amides is 2. The Morgan fingerprint density at radius 2 is 2.15 bits per heavy atom. The molecule has 26 heavy (non-hydrogen) atoms. The van der Waals surface area contributed by atoms with Crippen molar-refractivity contribution in [2.75, 3.05) is 19.8 Å². The first-order chi connectivity index (χ1) is 12.5. The molecule has 136 valence electrons. The molecule has 1 aliphatic heterocycles. The summed E-state index contributed by atoms with van der Waals surface area (Å²) in [6.45, 7) is -0.498. The molecule has 1 aromatic carbocycles. The first-order valence-corrected chi connectivity index (χ1v) is 9.27. The van der Waals surface area contributed by atoms with Gasteiger partial charge in [-0.05, 0) is 47.2 Å². The molecule has 1 saturated heterocycles. The number of imide groups is 1. The maximum atomic E-state index is 11.9. The molecule has 2 heterocycles. The molecule has 0 bridgehead atoms. The lowest BCUT2D eigenvalue weighted by atomic mass is 10.2. The maximum absolute atomic E-state index is 11.9. The van der Waals surface area contributed by atoms with Gasteiger partial charge in [-0.15, -0.1) is 0 Å². The predicted octanol–water partition coefficient (Wildman–Crippen LogP) is 2.56. The smallest absolute Gasteiger partial charge is 0.344 e. The van der Waals surface area contributed by atoms with Crippen LogP contribution in [0.4, 0.5) is 0 Å². The van der Waals surface area contributed by atoms with E-state index in [4.69, 9.17) is 21.1 Å². The van der Waals surface area contributed by atoms with Gasteiger partial charge in [-0.25, -0.2) is 4.79 Å². The van der Waals surface area contributed by atoms with E-state index in [0.29, 0.717) is 44.6 Å². The van der Waals surface area contributed by atoms with Gasteiger partial charge < -0.3 is 9.47 Å². The minimum Gasteiger partial charge on any atom is -0.478 e. The molecule has 0 aliphatic carbocycles. The van der Waals surface area contributed by atoms with Gasteiger partial charge in [0.1, 0.15) is 5.52 Å². The zero-order chi connectivity index (χ0) is 18.7. The van der Waals surface area contributed by atoms with Crippen LogP contribution in [-0.4, -0.2) is 47.4 Å². The first-order valence-electron chi connectivity index (χ1n) is 7.81. The molecule has 0 atom stereocenters. The highest BCUT2D eigenvalue weighted by Gasteiger charge is 2.27. The Bertz CT molecular complexity index is 889. The highest BCUT2D eigenvalue weighted by atomic mass is 127. The summed E-state index contributed by atoms with van der Waals surface area (Å²) in [6.07, 6.45) is 2.58. The number of pyridine rings is 1. The number of ether oxygens (including phenoxy) is 2. The summed E-state index contributed by atoms with van der Waals surface area (Å²) in [5, 5.41) is 1.24. The van der Waals surface area contributed by atoms with Crippen molar-refractivity contribution >= 4 is 62.9 Å². The third kappa shape index (κ3) is 4.07.